The molecule has 0 saturated carbocycles. The highest BCUT2D eigenvalue weighted by atomic mass is 16.8. The van der Waals surface area contributed by atoms with E-state index in [9.17, 15) is 4.79 Å². The second kappa shape index (κ2) is 6.16. The van der Waals surface area contributed by atoms with Gasteiger partial charge in [0.05, 0.1) is 19.3 Å². The number of hydrogen-bond donors (Lipinski definition) is 0. The maximum Gasteiger partial charge on any atom is 0.358 e. The van der Waals surface area contributed by atoms with Crippen molar-refractivity contribution in [2.75, 3.05) is 13.7 Å². The summed E-state index contributed by atoms with van der Waals surface area (Å²) in [5.41, 5.74) is 0.269. The van der Waals surface area contributed by atoms with E-state index in [0.29, 0.717) is 0 Å². The Hall–Kier alpha value is -1.55. The highest BCUT2D eigenvalue weighted by Gasteiger charge is 2.55. The minimum atomic E-state index is -0.708. The summed E-state index contributed by atoms with van der Waals surface area (Å²) < 4.78 is 29.3. The number of nitrogens with zero attached hydrogens (tertiary/aromatic N) is 3. The zero-order valence-electron chi connectivity index (χ0n) is 13.6. The fourth-order valence-corrected chi connectivity index (χ4v) is 2.91. The van der Waals surface area contributed by atoms with Gasteiger partial charge in [0.25, 0.3) is 0 Å². The molecule has 0 aromatic carbocycles. The number of aromatic nitrogens is 3. The average Bonchev–Trinajstić information content (AvgIpc) is 3.14. The van der Waals surface area contributed by atoms with Gasteiger partial charge in [-0.05, 0) is 20.8 Å². The van der Waals surface area contributed by atoms with E-state index in [1.165, 1.54) is 10.9 Å². The van der Waals surface area contributed by atoms with Crippen molar-refractivity contribution in [2.24, 2.45) is 0 Å². The molecule has 3 heterocycles. The topological polar surface area (TPSA) is 93.9 Å². The number of methoxy groups -OCH3 is 1. The van der Waals surface area contributed by atoms with Gasteiger partial charge >= 0.3 is 5.97 Å². The molecule has 0 aliphatic carbocycles. The SMILES string of the molecule is CCOC(=O)c1cnnn1C[C@H]1O[C@@H](OC)[C@@H]2OC(C)(C)O[C@@H]21. The molecule has 1 aromatic rings. The highest BCUT2D eigenvalue weighted by molar-refractivity contribution is 5.87. The summed E-state index contributed by atoms with van der Waals surface area (Å²) in [6.45, 7) is 6.00. The molecule has 3 rings (SSSR count). The molecular weight excluding hydrogens is 306 g/mol. The van der Waals surface area contributed by atoms with Crippen LogP contribution in [0, 0.1) is 0 Å². The standard InChI is InChI=1S/C14H21N3O6/c1-5-20-12(18)8-6-15-16-17(8)7-9-10-11(13(19-4)21-9)23-14(2,3)22-10/h6,9-11,13H,5,7H2,1-4H3/t9-,10-,11-,13-/m1/s1. The van der Waals surface area contributed by atoms with E-state index in [2.05, 4.69) is 10.3 Å². The Morgan fingerprint density at radius 2 is 2.13 bits per heavy atom. The van der Waals surface area contributed by atoms with Gasteiger partial charge in [0.1, 0.15) is 18.3 Å². The molecule has 0 unspecified atom stereocenters. The van der Waals surface area contributed by atoms with Gasteiger partial charge in [-0.2, -0.15) is 0 Å². The van der Waals surface area contributed by atoms with E-state index >= 15 is 0 Å². The lowest BCUT2D eigenvalue weighted by molar-refractivity contribution is -0.228. The third kappa shape index (κ3) is 3.09. The third-order valence-corrected chi connectivity index (χ3v) is 3.79. The molecule has 128 valence electrons. The summed E-state index contributed by atoms with van der Waals surface area (Å²) in [7, 11) is 1.55. The van der Waals surface area contributed by atoms with Crippen LogP contribution < -0.4 is 0 Å². The molecule has 23 heavy (non-hydrogen) atoms. The van der Waals surface area contributed by atoms with E-state index in [-0.39, 0.29) is 37.2 Å². The Kier molecular flexibility index (Phi) is 4.37. The van der Waals surface area contributed by atoms with Gasteiger partial charge in [0, 0.05) is 7.11 Å². The summed E-state index contributed by atoms with van der Waals surface area (Å²) in [4.78, 5) is 11.9. The molecular formula is C14H21N3O6. The van der Waals surface area contributed by atoms with Crippen LogP contribution in [-0.2, 0) is 30.2 Å². The predicted octanol–water partition coefficient (Wildman–Crippen LogP) is 0.346. The van der Waals surface area contributed by atoms with E-state index in [0.717, 1.165) is 0 Å². The first-order chi connectivity index (χ1) is 10.9. The summed E-state index contributed by atoms with van der Waals surface area (Å²) >= 11 is 0. The maximum absolute atomic E-state index is 11.9. The predicted molar refractivity (Wildman–Crippen MR) is 75.5 cm³/mol. The van der Waals surface area contributed by atoms with Gasteiger partial charge in [-0.15, -0.1) is 5.10 Å². The van der Waals surface area contributed by atoms with Crippen molar-refractivity contribution in [1.29, 1.82) is 0 Å². The van der Waals surface area contributed by atoms with E-state index in [1.807, 2.05) is 13.8 Å². The maximum atomic E-state index is 11.9. The quantitative estimate of drug-likeness (QED) is 0.715. The van der Waals surface area contributed by atoms with Crippen molar-refractivity contribution in [2.45, 2.75) is 57.7 Å². The zero-order valence-corrected chi connectivity index (χ0v) is 13.6. The third-order valence-electron chi connectivity index (χ3n) is 3.79. The number of esters is 1. The van der Waals surface area contributed by atoms with Crippen molar-refractivity contribution >= 4 is 5.97 Å². The van der Waals surface area contributed by atoms with Gasteiger partial charge in [0.15, 0.2) is 17.8 Å². The molecule has 0 radical (unpaired) electrons. The zero-order chi connectivity index (χ0) is 16.6. The number of ether oxygens (including phenoxy) is 5. The number of hydrogen-bond acceptors (Lipinski definition) is 8. The van der Waals surface area contributed by atoms with Crippen molar-refractivity contribution < 1.29 is 28.5 Å². The van der Waals surface area contributed by atoms with Crippen molar-refractivity contribution in [3.63, 3.8) is 0 Å². The van der Waals surface area contributed by atoms with Gasteiger partial charge in [-0.1, -0.05) is 5.21 Å². The molecule has 2 saturated heterocycles. The van der Waals surface area contributed by atoms with Crippen LogP contribution in [0.3, 0.4) is 0 Å². The minimum Gasteiger partial charge on any atom is -0.461 e. The first-order valence-corrected chi connectivity index (χ1v) is 7.54. The lowest BCUT2D eigenvalue weighted by atomic mass is 10.1. The second-order valence-electron chi connectivity index (χ2n) is 5.87. The summed E-state index contributed by atoms with van der Waals surface area (Å²) in [5.74, 6) is -1.18. The number of rotatable bonds is 5. The molecule has 2 aliphatic heterocycles. The lowest BCUT2D eigenvalue weighted by Crippen LogP contribution is -2.34. The van der Waals surface area contributed by atoms with Crippen molar-refractivity contribution in [3.8, 4) is 0 Å². The minimum absolute atomic E-state index is 0.269. The highest BCUT2D eigenvalue weighted by Crippen LogP contribution is 2.39. The Balaban J connectivity index is 1.76. The fourth-order valence-electron chi connectivity index (χ4n) is 2.91. The Labute approximate surface area is 133 Å². The summed E-state index contributed by atoms with van der Waals surface area (Å²) in [6.07, 6.45) is -0.166. The van der Waals surface area contributed by atoms with Crippen LogP contribution >= 0.6 is 0 Å². The summed E-state index contributed by atoms with van der Waals surface area (Å²) in [6, 6.07) is 0. The number of fused-ring (bicyclic) bond motifs is 1. The van der Waals surface area contributed by atoms with Crippen LogP contribution in [0.15, 0.2) is 6.20 Å². The molecule has 0 amide bonds. The van der Waals surface area contributed by atoms with Gasteiger partial charge in [0.2, 0.25) is 0 Å². The lowest BCUT2D eigenvalue weighted by Gasteiger charge is -2.23. The number of carbonyl (C=O) groups excluding carboxylic acids is 1. The van der Waals surface area contributed by atoms with E-state index < -0.39 is 18.0 Å². The van der Waals surface area contributed by atoms with Gasteiger partial charge in [-0.3, -0.25) is 0 Å². The Morgan fingerprint density at radius 1 is 1.39 bits per heavy atom. The Morgan fingerprint density at radius 3 is 2.83 bits per heavy atom. The molecule has 2 aliphatic rings. The van der Waals surface area contributed by atoms with Crippen LogP contribution in [0.5, 0.6) is 0 Å². The molecule has 0 N–H and O–H groups in total. The van der Waals surface area contributed by atoms with Crippen molar-refractivity contribution in [3.05, 3.63) is 11.9 Å². The molecule has 1 aromatic heterocycles. The normalized spacial score (nSPS) is 32.0. The van der Waals surface area contributed by atoms with E-state index in [4.69, 9.17) is 23.7 Å². The van der Waals surface area contributed by atoms with Crippen LogP contribution in [0.2, 0.25) is 0 Å². The van der Waals surface area contributed by atoms with E-state index in [1.54, 1.807) is 14.0 Å². The fraction of sp³-hybridized carbons (Fsp3) is 0.786. The van der Waals surface area contributed by atoms with Crippen LogP contribution in [0.4, 0.5) is 0 Å². The van der Waals surface area contributed by atoms with Crippen LogP contribution in [0.1, 0.15) is 31.3 Å². The molecule has 9 heteroatoms. The molecule has 4 atom stereocenters. The molecule has 0 bridgehead atoms. The Bertz CT molecular complexity index is 575. The van der Waals surface area contributed by atoms with Crippen LogP contribution in [0.25, 0.3) is 0 Å². The monoisotopic (exact) mass is 327 g/mol. The molecule has 2 fully saturated rings. The molecule has 9 nitrogen and oxygen atoms in total. The van der Waals surface area contributed by atoms with Gasteiger partial charge in [-0.25, -0.2) is 9.48 Å². The van der Waals surface area contributed by atoms with Gasteiger partial charge < -0.3 is 23.7 Å². The smallest absolute Gasteiger partial charge is 0.358 e. The van der Waals surface area contributed by atoms with Crippen molar-refractivity contribution in [1.82, 2.24) is 15.0 Å². The first kappa shape index (κ1) is 16.3. The summed E-state index contributed by atoms with van der Waals surface area (Å²) in [5, 5.41) is 7.71. The second-order valence-corrected chi connectivity index (χ2v) is 5.87. The average molecular weight is 327 g/mol. The largest absolute Gasteiger partial charge is 0.461 e. The van der Waals surface area contributed by atoms with Crippen LogP contribution in [-0.4, -0.2) is 65.1 Å². The first-order valence-electron chi connectivity index (χ1n) is 7.54. The number of carbonyl (C=O) groups is 1. The molecule has 0 spiro atoms.